The fourth-order valence-electron chi connectivity index (χ4n) is 3.48. The minimum absolute atomic E-state index is 0.0228. The molecule has 0 unspecified atom stereocenters. The number of nitrogens with zero attached hydrogens (tertiary/aromatic N) is 4. The first-order valence-electron chi connectivity index (χ1n) is 10.1. The summed E-state index contributed by atoms with van der Waals surface area (Å²) in [7, 11) is -3.44. The first kappa shape index (κ1) is 21.9. The average molecular weight is 464 g/mol. The number of pyridine rings is 1. The maximum atomic E-state index is 13.0. The molecular weight excluding hydrogens is 438 g/mol. The van der Waals surface area contributed by atoms with Crippen molar-refractivity contribution in [1.29, 1.82) is 0 Å². The Balaban J connectivity index is 1.57. The Kier molecular flexibility index (Phi) is 6.37. The second-order valence-corrected chi connectivity index (χ2v) is 10.6. The number of sulfonamides is 1. The second-order valence-electron chi connectivity index (χ2n) is 7.54. The highest BCUT2D eigenvalue weighted by Crippen LogP contribution is 2.28. The monoisotopic (exact) mass is 463 g/mol. The molecule has 4 heterocycles. The summed E-state index contributed by atoms with van der Waals surface area (Å²) in [4.78, 5) is 18.7. The number of thiophene rings is 1. The third-order valence-electron chi connectivity index (χ3n) is 5.08. The molecule has 3 aromatic rings. The fraction of sp³-hybridized carbons (Fsp3) is 0.450. The Morgan fingerprint density at radius 1 is 1.32 bits per heavy atom. The summed E-state index contributed by atoms with van der Waals surface area (Å²) in [6.07, 6.45) is 1.64. The van der Waals surface area contributed by atoms with E-state index in [0.29, 0.717) is 48.6 Å². The third kappa shape index (κ3) is 4.64. The van der Waals surface area contributed by atoms with E-state index in [9.17, 15) is 13.2 Å². The van der Waals surface area contributed by atoms with E-state index in [4.69, 9.17) is 9.72 Å². The summed E-state index contributed by atoms with van der Waals surface area (Å²) < 4.78 is 33.4. The SMILES string of the molecule is CC(C)n1ncc2c(C(=O)NCCS(=O)(=O)N3CCOCC3)cc(-c3cccs3)nc21. The van der Waals surface area contributed by atoms with E-state index >= 15 is 0 Å². The van der Waals surface area contributed by atoms with Crippen LogP contribution in [0.4, 0.5) is 0 Å². The van der Waals surface area contributed by atoms with E-state index in [1.807, 2.05) is 31.4 Å². The van der Waals surface area contributed by atoms with E-state index in [0.717, 1.165) is 4.88 Å². The molecule has 0 aromatic carbocycles. The number of hydrogen-bond acceptors (Lipinski definition) is 7. The van der Waals surface area contributed by atoms with Gasteiger partial charge in [-0.05, 0) is 31.4 Å². The van der Waals surface area contributed by atoms with Crippen LogP contribution in [0.2, 0.25) is 0 Å². The average Bonchev–Trinajstić information content (AvgIpc) is 3.43. The molecule has 9 nitrogen and oxygen atoms in total. The largest absolute Gasteiger partial charge is 0.379 e. The number of hydrogen-bond donors (Lipinski definition) is 1. The van der Waals surface area contributed by atoms with Gasteiger partial charge in [-0.25, -0.2) is 18.1 Å². The van der Waals surface area contributed by atoms with Crippen LogP contribution in [0.1, 0.15) is 30.2 Å². The quantitative estimate of drug-likeness (QED) is 0.575. The maximum Gasteiger partial charge on any atom is 0.252 e. The van der Waals surface area contributed by atoms with Crippen molar-refractivity contribution in [2.75, 3.05) is 38.6 Å². The maximum absolute atomic E-state index is 13.0. The minimum atomic E-state index is -3.44. The van der Waals surface area contributed by atoms with Gasteiger partial charge in [0.15, 0.2) is 5.65 Å². The summed E-state index contributed by atoms with van der Waals surface area (Å²) in [6.45, 7) is 5.51. The van der Waals surface area contributed by atoms with Gasteiger partial charge in [-0.1, -0.05) is 6.07 Å². The zero-order chi connectivity index (χ0) is 22.0. The molecule has 3 aromatic heterocycles. The van der Waals surface area contributed by atoms with Crippen LogP contribution in [0.25, 0.3) is 21.6 Å². The van der Waals surface area contributed by atoms with E-state index in [-0.39, 0.29) is 24.2 Å². The molecule has 1 fully saturated rings. The molecule has 1 amide bonds. The van der Waals surface area contributed by atoms with Gasteiger partial charge >= 0.3 is 0 Å². The molecule has 1 saturated heterocycles. The number of rotatable bonds is 7. The lowest BCUT2D eigenvalue weighted by atomic mass is 10.1. The number of morpholine rings is 1. The van der Waals surface area contributed by atoms with E-state index in [2.05, 4.69) is 10.4 Å². The molecule has 1 aliphatic rings. The van der Waals surface area contributed by atoms with E-state index < -0.39 is 10.0 Å². The Labute approximate surface area is 185 Å². The zero-order valence-electron chi connectivity index (χ0n) is 17.4. The van der Waals surface area contributed by atoms with Gasteiger partial charge in [0.1, 0.15) is 0 Å². The van der Waals surface area contributed by atoms with Gasteiger partial charge in [-0.2, -0.15) is 9.40 Å². The highest BCUT2D eigenvalue weighted by molar-refractivity contribution is 7.89. The summed E-state index contributed by atoms with van der Waals surface area (Å²) in [5.74, 6) is -0.499. The van der Waals surface area contributed by atoms with Crippen molar-refractivity contribution in [3.05, 3.63) is 35.3 Å². The topological polar surface area (TPSA) is 106 Å². The molecule has 0 bridgehead atoms. The highest BCUT2D eigenvalue weighted by Gasteiger charge is 2.25. The molecule has 0 spiro atoms. The molecule has 166 valence electrons. The number of nitrogens with one attached hydrogen (secondary N) is 1. The first-order chi connectivity index (χ1) is 14.9. The Morgan fingerprint density at radius 3 is 2.77 bits per heavy atom. The summed E-state index contributed by atoms with van der Waals surface area (Å²) in [5, 5.41) is 9.76. The van der Waals surface area contributed by atoms with E-state index in [1.165, 1.54) is 15.6 Å². The zero-order valence-corrected chi connectivity index (χ0v) is 19.1. The van der Waals surface area contributed by atoms with Crippen LogP contribution >= 0.6 is 11.3 Å². The van der Waals surface area contributed by atoms with Crippen LogP contribution in [0.15, 0.2) is 29.8 Å². The first-order valence-corrected chi connectivity index (χ1v) is 12.6. The number of aromatic nitrogens is 3. The van der Waals surface area contributed by atoms with Gasteiger partial charge in [0.2, 0.25) is 10.0 Å². The van der Waals surface area contributed by atoms with Crippen molar-refractivity contribution in [2.24, 2.45) is 0 Å². The molecule has 11 heteroatoms. The van der Waals surface area contributed by atoms with Gasteiger partial charge in [0, 0.05) is 25.7 Å². The Bertz CT molecular complexity index is 1170. The van der Waals surface area contributed by atoms with Crippen molar-refractivity contribution >= 4 is 38.3 Å². The molecule has 0 aliphatic carbocycles. The number of amides is 1. The molecule has 0 atom stereocenters. The molecule has 31 heavy (non-hydrogen) atoms. The predicted molar refractivity (Wildman–Crippen MR) is 120 cm³/mol. The van der Waals surface area contributed by atoms with Crippen molar-refractivity contribution in [2.45, 2.75) is 19.9 Å². The van der Waals surface area contributed by atoms with Crippen molar-refractivity contribution in [1.82, 2.24) is 24.4 Å². The van der Waals surface area contributed by atoms with Gasteiger partial charge in [-0.3, -0.25) is 4.79 Å². The van der Waals surface area contributed by atoms with Crippen LogP contribution in [0, 0.1) is 0 Å². The van der Waals surface area contributed by atoms with Crippen LogP contribution in [0.3, 0.4) is 0 Å². The van der Waals surface area contributed by atoms with Gasteiger partial charge < -0.3 is 10.1 Å². The molecule has 4 rings (SSSR count). The third-order valence-corrected chi connectivity index (χ3v) is 7.85. The summed E-state index contributed by atoms with van der Waals surface area (Å²) >= 11 is 1.54. The normalized spacial score (nSPS) is 15.6. The molecule has 0 radical (unpaired) electrons. The highest BCUT2D eigenvalue weighted by atomic mass is 32.2. The molecule has 1 aliphatic heterocycles. The van der Waals surface area contributed by atoms with Crippen LogP contribution in [-0.4, -0.2) is 72.0 Å². The number of carbonyl (C=O) groups is 1. The second kappa shape index (κ2) is 9.03. The smallest absolute Gasteiger partial charge is 0.252 e. The Morgan fingerprint density at radius 2 is 2.10 bits per heavy atom. The number of carbonyl (C=O) groups excluding carboxylic acids is 1. The number of ether oxygens (including phenoxy) is 1. The molecule has 0 saturated carbocycles. The van der Waals surface area contributed by atoms with Crippen LogP contribution in [-0.2, 0) is 14.8 Å². The minimum Gasteiger partial charge on any atom is -0.379 e. The van der Waals surface area contributed by atoms with Crippen molar-refractivity contribution in [3.8, 4) is 10.6 Å². The van der Waals surface area contributed by atoms with Crippen molar-refractivity contribution in [3.63, 3.8) is 0 Å². The predicted octanol–water partition coefficient (Wildman–Crippen LogP) is 2.13. The molecular formula is C20H25N5O4S2. The van der Waals surface area contributed by atoms with Gasteiger partial charge in [0.05, 0.1) is 46.7 Å². The lowest BCUT2D eigenvalue weighted by Crippen LogP contribution is -2.43. The molecule has 1 N–H and O–H groups in total. The fourth-order valence-corrected chi connectivity index (χ4v) is 5.49. The standard InChI is InChI=1S/C20H25N5O4S2/c1-14(2)25-19-16(13-22-25)15(12-17(23-19)18-4-3-10-30-18)20(26)21-5-11-31(27,28)24-6-8-29-9-7-24/h3-4,10,12-14H,5-9,11H2,1-2H3,(H,21,26). The Hall–Kier alpha value is -2.34. The lowest BCUT2D eigenvalue weighted by molar-refractivity contribution is 0.0730. The van der Waals surface area contributed by atoms with Gasteiger partial charge in [0.25, 0.3) is 5.91 Å². The van der Waals surface area contributed by atoms with Crippen molar-refractivity contribution < 1.29 is 17.9 Å². The summed E-state index contributed by atoms with van der Waals surface area (Å²) in [6, 6.07) is 5.71. The number of fused-ring (bicyclic) bond motifs is 1. The van der Waals surface area contributed by atoms with Gasteiger partial charge in [-0.15, -0.1) is 11.3 Å². The lowest BCUT2D eigenvalue weighted by Gasteiger charge is -2.26. The van der Waals surface area contributed by atoms with Crippen LogP contribution < -0.4 is 5.32 Å². The van der Waals surface area contributed by atoms with Crippen LogP contribution in [0.5, 0.6) is 0 Å². The summed E-state index contributed by atoms with van der Waals surface area (Å²) in [5.41, 5.74) is 1.76. The van der Waals surface area contributed by atoms with E-state index in [1.54, 1.807) is 16.9 Å².